The van der Waals surface area contributed by atoms with E-state index in [0.29, 0.717) is 10.2 Å². The first-order valence-corrected chi connectivity index (χ1v) is 6.99. The van der Waals surface area contributed by atoms with Crippen molar-refractivity contribution in [1.82, 2.24) is 0 Å². The van der Waals surface area contributed by atoms with Crippen LogP contribution in [0.25, 0.3) is 0 Å². The molecule has 0 saturated heterocycles. The Morgan fingerprint density at radius 1 is 1.35 bits per heavy atom. The highest BCUT2D eigenvalue weighted by atomic mass is 79.9. The molecule has 0 atom stereocenters. The summed E-state index contributed by atoms with van der Waals surface area (Å²) in [5, 5.41) is -0.0820. The van der Waals surface area contributed by atoms with Gasteiger partial charge in [-0.15, -0.1) is 0 Å². The molecule has 0 aliphatic heterocycles. The Hall–Kier alpha value is -1.39. The van der Waals surface area contributed by atoms with Gasteiger partial charge in [0.25, 0.3) is 0 Å². The summed E-state index contributed by atoms with van der Waals surface area (Å²) in [5.41, 5.74) is 0.744. The molecule has 0 saturated carbocycles. The van der Waals surface area contributed by atoms with Crippen molar-refractivity contribution in [3.8, 4) is 5.75 Å². The number of ether oxygens (including phenoxy) is 1. The standard InChI is InChI=1S/C15H11BrClFO2/c1-20-10-4-2-3-9(7-10)8-13(19)11-5-6-12(16)14(17)15(11)18/h2-7H,8H2,1H3. The highest BCUT2D eigenvalue weighted by Crippen LogP contribution is 2.28. The maximum Gasteiger partial charge on any atom is 0.170 e. The minimum atomic E-state index is -0.700. The van der Waals surface area contributed by atoms with Crippen LogP contribution < -0.4 is 4.74 Å². The normalized spacial score (nSPS) is 10.4. The summed E-state index contributed by atoms with van der Waals surface area (Å²) in [4.78, 5) is 12.1. The van der Waals surface area contributed by atoms with E-state index in [4.69, 9.17) is 16.3 Å². The SMILES string of the molecule is COc1cccc(CC(=O)c2ccc(Br)c(Cl)c2F)c1. The quantitative estimate of drug-likeness (QED) is 0.587. The highest BCUT2D eigenvalue weighted by molar-refractivity contribution is 9.10. The fraction of sp³-hybridized carbons (Fsp3) is 0.133. The topological polar surface area (TPSA) is 26.3 Å². The van der Waals surface area contributed by atoms with Crippen molar-refractivity contribution in [1.29, 1.82) is 0 Å². The minimum Gasteiger partial charge on any atom is -0.497 e. The molecule has 0 fully saturated rings. The Morgan fingerprint density at radius 3 is 2.80 bits per heavy atom. The van der Waals surface area contributed by atoms with E-state index in [1.165, 1.54) is 6.07 Å². The fourth-order valence-corrected chi connectivity index (χ4v) is 2.28. The third kappa shape index (κ3) is 3.19. The number of hydrogen-bond donors (Lipinski definition) is 0. The molecule has 0 radical (unpaired) electrons. The van der Waals surface area contributed by atoms with Crippen molar-refractivity contribution in [3.05, 3.63) is 62.8 Å². The lowest BCUT2D eigenvalue weighted by atomic mass is 10.0. The molecule has 0 amide bonds. The molecule has 2 aromatic carbocycles. The third-order valence-corrected chi connectivity index (χ3v) is 4.09. The third-order valence-electron chi connectivity index (χ3n) is 2.83. The van der Waals surface area contributed by atoms with Crippen LogP contribution in [0.5, 0.6) is 5.75 Å². The first-order valence-electron chi connectivity index (χ1n) is 5.82. The molecule has 0 aromatic heterocycles. The molecular weight excluding hydrogens is 347 g/mol. The van der Waals surface area contributed by atoms with Gasteiger partial charge in [0, 0.05) is 10.9 Å². The molecule has 104 valence electrons. The number of hydrogen-bond acceptors (Lipinski definition) is 2. The molecule has 0 unspecified atom stereocenters. The van der Waals surface area contributed by atoms with Crippen LogP contribution in [0.3, 0.4) is 0 Å². The molecule has 5 heteroatoms. The zero-order valence-corrected chi connectivity index (χ0v) is 13.0. The van der Waals surface area contributed by atoms with Crippen LogP contribution in [0, 0.1) is 5.82 Å². The van der Waals surface area contributed by atoms with E-state index in [0.717, 1.165) is 5.56 Å². The van der Waals surface area contributed by atoms with Gasteiger partial charge in [0.15, 0.2) is 11.6 Å². The van der Waals surface area contributed by atoms with Gasteiger partial charge >= 0.3 is 0 Å². The van der Waals surface area contributed by atoms with Gasteiger partial charge in [-0.25, -0.2) is 4.39 Å². The first kappa shape index (κ1) is 15.0. The number of Topliss-reactive ketones (excluding diaryl/α,β-unsaturated/α-hetero) is 1. The predicted molar refractivity (Wildman–Crippen MR) is 80.1 cm³/mol. The van der Waals surface area contributed by atoms with E-state index >= 15 is 0 Å². The lowest BCUT2D eigenvalue weighted by Crippen LogP contribution is -2.07. The lowest BCUT2D eigenvalue weighted by Gasteiger charge is -2.07. The smallest absolute Gasteiger partial charge is 0.170 e. The Bertz CT molecular complexity index is 658. The highest BCUT2D eigenvalue weighted by Gasteiger charge is 2.17. The summed E-state index contributed by atoms with van der Waals surface area (Å²) in [6.45, 7) is 0. The zero-order chi connectivity index (χ0) is 14.7. The van der Waals surface area contributed by atoms with Crippen molar-refractivity contribution >= 4 is 33.3 Å². The zero-order valence-electron chi connectivity index (χ0n) is 10.6. The second-order valence-electron chi connectivity index (χ2n) is 4.17. The number of halogens is 3. The maximum atomic E-state index is 14.0. The van der Waals surface area contributed by atoms with Crippen LogP contribution in [0.1, 0.15) is 15.9 Å². The molecule has 0 spiro atoms. The van der Waals surface area contributed by atoms with Gasteiger partial charge in [0.1, 0.15) is 5.75 Å². The van der Waals surface area contributed by atoms with E-state index in [1.54, 1.807) is 37.4 Å². The van der Waals surface area contributed by atoms with Crippen LogP contribution >= 0.6 is 27.5 Å². The lowest BCUT2D eigenvalue weighted by molar-refractivity contribution is 0.0989. The Labute approximate surface area is 129 Å². The first-order chi connectivity index (χ1) is 9.52. The number of carbonyl (C=O) groups is 1. The van der Waals surface area contributed by atoms with Gasteiger partial charge in [-0.05, 0) is 45.8 Å². The summed E-state index contributed by atoms with van der Waals surface area (Å²) in [5.74, 6) is -0.372. The van der Waals surface area contributed by atoms with Crippen molar-refractivity contribution < 1.29 is 13.9 Å². The molecule has 0 aliphatic rings. The van der Waals surface area contributed by atoms with E-state index in [9.17, 15) is 9.18 Å². The maximum absolute atomic E-state index is 14.0. The molecule has 0 bridgehead atoms. The van der Waals surface area contributed by atoms with Crippen molar-refractivity contribution in [2.45, 2.75) is 6.42 Å². The number of rotatable bonds is 4. The fourth-order valence-electron chi connectivity index (χ4n) is 1.80. The van der Waals surface area contributed by atoms with E-state index in [2.05, 4.69) is 15.9 Å². The van der Waals surface area contributed by atoms with E-state index < -0.39 is 5.82 Å². The van der Waals surface area contributed by atoms with Crippen molar-refractivity contribution in [3.63, 3.8) is 0 Å². The van der Waals surface area contributed by atoms with Gasteiger partial charge < -0.3 is 4.74 Å². The molecule has 20 heavy (non-hydrogen) atoms. The molecule has 0 N–H and O–H groups in total. The Balaban J connectivity index is 2.26. The van der Waals surface area contributed by atoms with Gasteiger partial charge in [-0.2, -0.15) is 0 Å². The van der Waals surface area contributed by atoms with Crippen LogP contribution in [0.4, 0.5) is 4.39 Å². The van der Waals surface area contributed by atoms with Crippen LogP contribution in [0.2, 0.25) is 5.02 Å². The second kappa shape index (κ2) is 6.37. The summed E-state index contributed by atoms with van der Waals surface area (Å²) < 4.78 is 19.5. The number of carbonyl (C=O) groups excluding carboxylic acids is 1. The van der Waals surface area contributed by atoms with Crippen LogP contribution in [0.15, 0.2) is 40.9 Å². The van der Waals surface area contributed by atoms with Gasteiger partial charge in [0.2, 0.25) is 0 Å². The Kier molecular flexibility index (Phi) is 4.78. The van der Waals surface area contributed by atoms with Crippen LogP contribution in [-0.2, 0) is 6.42 Å². The van der Waals surface area contributed by atoms with Crippen molar-refractivity contribution in [2.24, 2.45) is 0 Å². The minimum absolute atomic E-state index is 0.0129. The average molecular weight is 358 g/mol. The molecule has 2 nitrogen and oxygen atoms in total. The summed E-state index contributed by atoms with van der Waals surface area (Å²) in [6.07, 6.45) is 0.0894. The predicted octanol–water partition coefficient (Wildman–Crippen LogP) is 4.68. The molecular formula is C15H11BrClFO2. The molecule has 0 aliphatic carbocycles. The average Bonchev–Trinajstić information content (AvgIpc) is 2.45. The summed E-state index contributed by atoms with van der Waals surface area (Å²) in [7, 11) is 1.55. The number of methoxy groups -OCH3 is 1. The van der Waals surface area contributed by atoms with Crippen LogP contribution in [-0.4, -0.2) is 12.9 Å². The summed E-state index contributed by atoms with van der Waals surface area (Å²) in [6, 6.07) is 10.1. The molecule has 0 heterocycles. The molecule has 2 rings (SSSR count). The number of ketones is 1. The van der Waals surface area contributed by atoms with Gasteiger partial charge in [-0.3, -0.25) is 4.79 Å². The number of benzene rings is 2. The van der Waals surface area contributed by atoms with E-state index in [-0.39, 0.29) is 22.8 Å². The Morgan fingerprint density at radius 2 is 2.10 bits per heavy atom. The van der Waals surface area contributed by atoms with E-state index in [1.807, 2.05) is 0 Å². The second-order valence-corrected chi connectivity index (χ2v) is 5.41. The van der Waals surface area contributed by atoms with Gasteiger partial charge in [-0.1, -0.05) is 23.7 Å². The monoisotopic (exact) mass is 356 g/mol. The largest absolute Gasteiger partial charge is 0.497 e. The van der Waals surface area contributed by atoms with Crippen molar-refractivity contribution in [2.75, 3.05) is 7.11 Å². The van der Waals surface area contributed by atoms with Gasteiger partial charge in [0.05, 0.1) is 17.7 Å². The summed E-state index contributed by atoms with van der Waals surface area (Å²) >= 11 is 8.90. The molecule has 2 aromatic rings.